The highest BCUT2D eigenvalue weighted by atomic mass is 32.1. The van der Waals surface area contributed by atoms with Crippen molar-refractivity contribution in [3.05, 3.63) is 54.1 Å². The highest BCUT2D eigenvalue weighted by molar-refractivity contribution is 7.26. The summed E-state index contributed by atoms with van der Waals surface area (Å²) >= 11 is 1.81. The predicted molar refractivity (Wildman–Crippen MR) is 121 cm³/mol. The quantitative estimate of drug-likeness (QED) is 0.382. The van der Waals surface area contributed by atoms with Gasteiger partial charge in [0.15, 0.2) is 0 Å². The van der Waals surface area contributed by atoms with Crippen LogP contribution >= 0.6 is 11.3 Å². The van der Waals surface area contributed by atoms with E-state index in [1.807, 2.05) is 11.3 Å². The van der Waals surface area contributed by atoms with Crippen LogP contribution in [0.3, 0.4) is 0 Å². The molecule has 0 spiro atoms. The molecule has 0 saturated heterocycles. The molecule has 2 N–H and O–H groups in total. The molecule has 0 aliphatic heterocycles. The Morgan fingerprint density at radius 3 is 2.64 bits per heavy atom. The van der Waals surface area contributed by atoms with Crippen molar-refractivity contribution in [1.29, 1.82) is 0 Å². The number of nitrogens with zero attached hydrogens (tertiary/aromatic N) is 2. The minimum absolute atomic E-state index is 0.923. The van der Waals surface area contributed by atoms with Gasteiger partial charge in [0.2, 0.25) is 0 Å². The molecule has 2 aromatic carbocycles. The number of hydrogen-bond donors (Lipinski definition) is 2. The Kier molecular flexibility index (Phi) is 6.05. The molecule has 0 unspecified atom stereocenters. The van der Waals surface area contributed by atoms with Crippen LogP contribution in [0.5, 0.6) is 0 Å². The number of rotatable bonds is 9. The highest BCUT2D eigenvalue weighted by Crippen LogP contribution is 2.38. The first-order valence-electron chi connectivity index (χ1n) is 10.0. The van der Waals surface area contributed by atoms with Crippen LogP contribution in [0.1, 0.15) is 24.8 Å². The van der Waals surface area contributed by atoms with E-state index in [-0.39, 0.29) is 0 Å². The molecule has 28 heavy (non-hydrogen) atoms. The second kappa shape index (κ2) is 8.86. The zero-order valence-corrected chi connectivity index (χ0v) is 17.5. The predicted octanol–water partition coefficient (Wildman–Crippen LogP) is 5.27. The highest BCUT2D eigenvalue weighted by Gasteiger charge is 2.13. The minimum atomic E-state index is 0.923. The van der Waals surface area contributed by atoms with Crippen LogP contribution < -0.4 is 5.32 Å². The number of benzene rings is 2. The molecule has 0 atom stereocenters. The SMILES string of the molecule is CN(C)CCCCCNCc1ccc(-c2n[nH]c3c2sc2ccccc23)cc1. The van der Waals surface area contributed by atoms with Crippen LogP contribution in [-0.4, -0.2) is 42.3 Å². The van der Waals surface area contributed by atoms with E-state index in [1.54, 1.807) is 0 Å². The molecule has 146 valence electrons. The van der Waals surface area contributed by atoms with Gasteiger partial charge in [-0.05, 0) is 51.7 Å². The molecule has 0 aliphatic rings. The minimum Gasteiger partial charge on any atom is -0.313 e. The van der Waals surface area contributed by atoms with Crippen LogP contribution in [0, 0.1) is 0 Å². The third-order valence-corrected chi connectivity index (χ3v) is 6.28. The van der Waals surface area contributed by atoms with E-state index in [1.165, 1.54) is 51.7 Å². The number of thiophene rings is 1. The molecular weight excluding hydrogens is 364 g/mol. The Morgan fingerprint density at radius 1 is 1.00 bits per heavy atom. The summed E-state index contributed by atoms with van der Waals surface area (Å²) in [5, 5.41) is 12.6. The van der Waals surface area contributed by atoms with E-state index in [0.29, 0.717) is 0 Å². The van der Waals surface area contributed by atoms with Gasteiger partial charge >= 0.3 is 0 Å². The van der Waals surface area contributed by atoms with Crippen LogP contribution in [0.4, 0.5) is 0 Å². The van der Waals surface area contributed by atoms with Crippen LogP contribution in [0.15, 0.2) is 48.5 Å². The molecule has 2 aromatic heterocycles. The summed E-state index contributed by atoms with van der Waals surface area (Å²) in [4.78, 5) is 2.25. The second-order valence-corrected chi connectivity index (χ2v) is 8.66. The number of hydrogen-bond acceptors (Lipinski definition) is 4. The van der Waals surface area contributed by atoms with Crippen molar-refractivity contribution in [2.45, 2.75) is 25.8 Å². The van der Waals surface area contributed by atoms with Crippen molar-refractivity contribution in [2.75, 3.05) is 27.2 Å². The van der Waals surface area contributed by atoms with Crippen molar-refractivity contribution in [2.24, 2.45) is 0 Å². The molecule has 0 fully saturated rings. The lowest BCUT2D eigenvalue weighted by Gasteiger charge is -2.09. The molecule has 0 radical (unpaired) electrons. The number of unbranched alkanes of at least 4 members (excludes halogenated alkanes) is 2. The standard InChI is InChI=1S/C23H28N4S/c1-27(2)15-7-3-6-14-24-16-17-10-12-18(13-11-17)21-23-22(26-25-21)19-8-4-5-9-20(19)28-23/h4-5,8-13,24H,3,6-7,14-16H2,1-2H3,(H,25,26). The maximum Gasteiger partial charge on any atom is 0.110 e. The summed E-state index contributed by atoms with van der Waals surface area (Å²) in [6.45, 7) is 3.19. The molecule has 4 rings (SSSR count). The first-order chi connectivity index (χ1) is 13.7. The molecule has 5 heteroatoms. The Hall–Kier alpha value is -2.21. The van der Waals surface area contributed by atoms with Gasteiger partial charge in [-0.15, -0.1) is 11.3 Å². The van der Waals surface area contributed by atoms with E-state index in [2.05, 4.69) is 83.0 Å². The fraction of sp³-hybridized carbons (Fsp3) is 0.348. The largest absolute Gasteiger partial charge is 0.313 e. The van der Waals surface area contributed by atoms with Gasteiger partial charge in [-0.3, -0.25) is 5.10 Å². The van der Waals surface area contributed by atoms with E-state index >= 15 is 0 Å². The lowest BCUT2D eigenvalue weighted by atomic mass is 10.1. The molecular formula is C23H28N4S. The Bertz CT molecular complexity index is 1030. The smallest absolute Gasteiger partial charge is 0.110 e. The van der Waals surface area contributed by atoms with Crippen LogP contribution in [0.2, 0.25) is 0 Å². The van der Waals surface area contributed by atoms with Crippen LogP contribution in [0.25, 0.3) is 31.6 Å². The molecule has 0 aliphatic carbocycles. The number of aromatic amines is 1. The zero-order valence-electron chi connectivity index (χ0n) is 16.7. The van der Waals surface area contributed by atoms with Crippen molar-refractivity contribution >= 4 is 31.6 Å². The number of nitrogens with one attached hydrogen (secondary N) is 2. The van der Waals surface area contributed by atoms with Crippen molar-refractivity contribution in [3.63, 3.8) is 0 Å². The van der Waals surface area contributed by atoms with E-state index in [4.69, 9.17) is 0 Å². The summed E-state index contributed by atoms with van der Waals surface area (Å²) in [6.07, 6.45) is 3.80. The van der Waals surface area contributed by atoms with E-state index in [0.717, 1.165) is 24.3 Å². The molecule has 0 saturated carbocycles. The van der Waals surface area contributed by atoms with Gasteiger partial charge in [0.1, 0.15) is 5.69 Å². The number of fused-ring (bicyclic) bond motifs is 3. The van der Waals surface area contributed by atoms with Crippen molar-refractivity contribution in [1.82, 2.24) is 20.4 Å². The zero-order chi connectivity index (χ0) is 19.3. The third kappa shape index (κ3) is 4.27. The summed E-state index contributed by atoms with van der Waals surface area (Å²) in [5.41, 5.74) is 4.69. The van der Waals surface area contributed by atoms with Crippen molar-refractivity contribution < 1.29 is 0 Å². The van der Waals surface area contributed by atoms with Crippen LogP contribution in [-0.2, 0) is 6.54 Å². The lowest BCUT2D eigenvalue weighted by molar-refractivity contribution is 0.390. The monoisotopic (exact) mass is 392 g/mol. The average Bonchev–Trinajstić information content (AvgIpc) is 3.27. The topological polar surface area (TPSA) is 44.0 Å². The molecule has 0 amide bonds. The van der Waals surface area contributed by atoms with Gasteiger partial charge < -0.3 is 10.2 Å². The summed E-state index contributed by atoms with van der Waals surface area (Å²) < 4.78 is 2.55. The van der Waals surface area contributed by atoms with Gasteiger partial charge in [-0.1, -0.05) is 48.9 Å². The molecule has 2 heterocycles. The first kappa shape index (κ1) is 19.1. The Morgan fingerprint density at radius 2 is 1.82 bits per heavy atom. The van der Waals surface area contributed by atoms with Gasteiger partial charge in [0, 0.05) is 22.2 Å². The third-order valence-electron chi connectivity index (χ3n) is 5.11. The van der Waals surface area contributed by atoms with Gasteiger partial charge in [-0.2, -0.15) is 5.10 Å². The number of aromatic nitrogens is 2. The Balaban J connectivity index is 1.35. The summed E-state index contributed by atoms with van der Waals surface area (Å²) in [5.74, 6) is 0. The lowest BCUT2D eigenvalue weighted by Crippen LogP contribution is -2.16. The maximum atomic E-state index is 4.59. The van der Waals surface area contributed by atoms with E-state index in [9.17, 15) is 0 Å². The second-order valence-electron chi connectivity index (χ2n) is 7.61. The normalized spacial score (nSPS) is 11.8. The molecule has 4 aromatic rings. The van der Waals surface area contributed by atoms with Gasteiger partial charge in [0.25, 0.3) is 0 Å². The average molecular weight is 393 g/mol. The van der Waals surface area contributed by atoms with E-state index < -0.39 is 0 Å². The first-order valence-corrected chi connectivity index (χ1v) is 10.8. The number of H-pyrrole nitrogens is 1. The van der Waals surface area contributed by atoms with Gasteiger partial charge in [-0.25, -0.2) is 0 Å². The van der Waals surface area contributed by atoms with Gasteiger partial charge in [0.05, 0.1) is 10.2 Å². The maximum absolute atomic E-state index is 4.59. The van der Waals surface area contributed by atoms with Crippen molar-refractivity contribution in [3.8, 4) is 11.3 Å². The summed E-state index contributed by atoms with van der Waals surface area (Å²) in [6, 6.07) is 17.3. The Labute approximate surface area is 170 Å². The summed E-state index contributed by atoms with van der Waals surface area (Å²) in [7, 11) is 4.27. The molecule has 4 nitrogen and oxygen atoms in total. The fourth-order valence-corrected chi connectivity index (χ4v) is 4.71. The molecule has 0 bridgehead atoms. The fourth-order valence-electron chi connectivity index (χ4n) is 3.55.